The molecule has 1 aromatic carbocycles. The number of methoxy groups -OCH3 is 1. The van der Waals surface area contributed by atoms with E-state index in [1.807, 2.05) is 20.8 Å². The minimum Gasteiger partial charge on any atom is -0.494 e. The molecule has 192 valence electrons. The van der Waals surface area contributed by atoms with Crippen molar-refractivity contribution >= 4 is 17.6 Å². The zero-order valence-electron chi connectivity index (χ0n) is 20.6. The van der Waals surface area contributed by atoms with Crippen LogP contribution in [0, 0.1) is 11.6 Å². The molecule has 2 aliphatic rings. The van der Waals surface area contributed by atoms with Crippen molar-refractivity contribution in [2.45, 2.75) is 45.8 Å². The molecule has 2 saturated heterocycles. The van der Waals surface area contributed by atoms with Crippen LogP contribution in [0.1, 0.15) is 44.0 Å². The van der Waals surface area contributed by atoms with Gasteiger partial charge in [-0.3, -0.25) is 9.59 Å². The zero-order chi connectivity index (χ0) is 25.8. The van der Waals surface area contributed by atoms with Crippen LogP contribution < -0.4 is 15.4 Å². The summed E-state index contributed by atoms with van der Waals surface area (Å²) >= 11 is 0. The quantitative estimate of drug-likeness (QED) is 0.677. The van der Waals surface area contributed by atoms with E-state index in [1.165, 1.54) is 19.2 Å². The first-order valence-corrected chi connectivity index (χ1v) is 11.8. The predicted molar refractivity (Wildman–Crippen MR) is 129 cm³/mol. The average Bonchev–Trinajstić information content (AvgIpc) is 3.34. The molecule has 2 fully saturated rings. The normalized spacial score (nSPS) is 19.0. The van der Waals surface area contributed by atoms with E-state index in [4.69, 9.17) is 4.74 Å². The number of amides is 2. The number of nitrogens with one attached hydrogen (secondary N) is 2. The van der Waals surface area contributed by atoms with E-state index in [0.29, 0.717) is 30.9 Å². The second kappa shape index (κ2) is 14.3. The topological polar surface area (TPSA) is 92.8 Å². The van der Waals surface area contributed by atoms with Crippen molar-refractivity contribution in [3.8, 4) is 5.75 Å². The maximum atomic E-state index is 12.5. The smallest absolute Gasteiger partial charge is 0.254 e. The summed E-state index contributed by atoms with van der Waals surface area (Å²) < 4.78 is 34.9. The van der Waals surface area contributed by atoms with Crippen LogP contribution >= 0.6 is 0 Å². The van der Waals surface area contributed by atoms with Gasteiger partial charge in [-0.05, 0) is 44.0 Å². The van der Waals surface area contributed by atoms with Gasteiger partial charge in [0.2, 0.25) is 5.82 Å². The van der Waals surface area contributed by atoms with Crippen molar-refractivity contribution in [2.75, 3.05) is 38.6 Å². The number of hydrogen-bond donors (Lipinski definition) is 2. The number of anilines is 1. The molecule has 2 unspecified atom stereocenters. The Morgan fingerprint density at radius 3 is 2.49 bits per heavy atom. The standard InChI is InChI=1S/C16H22N4O3.C7H6F2O.C2H6/c1-11-2-3-13(23-11)15(21)19-14-10-12(4-5-18-14)16(22)20-8-6-17-7-9-20;1-10-6-4-2-3-5(8)7(6)9;1-2/h4-5,10-11,13,17H,2-3,6-9H2,1H3,(H,18,19,21);2-4H,1H3;1-2H3. The van der Waals surface area contributed by atoms with Gasteiger partial charge in [-0.25, -0.2) is 9.37 Å². The number of aromatic nitrogens is 1. The lowest BCUT2D eigenvalue weighted by atomic mass is 10.2. The Morgan fingerprint density at radius 2 is 1.89 bits per heavy atom. The lowest BCUT2D eigenvalue weighted by Gasteiger charge is -2.27. The molecule has 1 aromatic heterocycles. The minimum absolute atomic E-state index is 0.0323. The largest absolute Gasteiger partial charge is 0.494 e. The third-order valence-electron chi connectivity index (χ3n) is 5.32. The SMILES string of the molecule is CC.CC1CCC(C(=O)Nc2cc(C(=O)N3CCNCC3)ccn2)O1.COc1cccc(F)c1F. The van der Waals surface area contributed by atoms with Crippen molar-refractivity contribution in [1.29, 1.82) is 0 Å². The Hall–Kier alpha value is -3.11. The van der Waals surface area contributed by atoms with Crippen LogP contribution in [0.3, 0.4) is 0 Å². The Kier molecular flexibility index (Phi) is 11.5. The number of pyridine rings is 1. The van der Waals surface area contributed by atoms with Gasteiger partial charge in [0.15, 0.2) is 11.6 Å². The predicted octanol–water partition coefficient (Wildman–Crippen LogP) is 3.63. The number of carbonyl (C=O) groups excluding carboxylic acids is 2. The number of piperazine rings is 1. The molecule has 4 rings (SSSR count). The third kappa shape index (κ3) is 8.25. The molecule has 0 spiro atoms. The number of rotatable bonds is 4. The maximum Gasteiger partial charge on any atom is 0.254 e. The molecule has 2 aromatic rings. The summed E-state index contributed by atoms with van der Waals surface area (Å²) in [6, 6.07) is 7.09. The Bertz CT molecular complexity index is 970. The summed E-state index contributed by atoms with van der Waals surface area (Å²) in [5.74, 6) is -1.74. The number of hydrogen-bond acceptors (Lipinski definition) is 6. The van der Waals surface area contributed by atoms with E-state index in [9.17, 15) is 18.4 Å². The van der Waals surface area contributed by atoms with E-state index < -0.39 is 17.7 Å². The second-order valence-electron chi connectivity index (χ2n) is 7.73. The first-order chi connectivity index (χ1) is 16.9. The van der Waals surface area contributed by atoms with Gasteiger partial charge >= 0.3 is 0 Å². The molecule has 0 saturated carbocycles. The third-order valence-corrected chi connectivity index (χ3v) is 5.32. The molecule has 3 heterocycles. The fourth-order valence-corrected chi connectivity index (χ4v) is 3.53. The van der Waals surface area contributed by atoms with E-state index in [0.717, 1.165) is 25.6 Å². The highest BCUT2D eigenvalue weighted by molar-refractivity contribution is 5.97. The molecule has 0 bridgehead atoms. The molecule has 35 heavy (non-hydrogen) atoms. The monoisotopic (exact) mass is 492 g/mol. The molecule has 8 nitrogen and oxygen atoms in total. The highest BCUT2D eigenvalue weighted by atomic mass is 19.2. The minimum atomic E-state index is -0.940. The highest BCUT2D eigenvalue weighted by Gasteiger charge is 2.28. The first-order valence-electron chi connectivity index (χ1n) is 11.8. The van der Waals surface area contributed by atoms with Gasteiger partial charge in [0.1, 0.15) is 11.9 Å². The van der Waals surface area contributed by atoms with Gasteiger partial charge in [-0.15, -0.1) is 0 Å². The summed E-state index contributed by atoms with van der Waals surface area (Å²) in [6.07, 6.45) is 2.82. The Balaban J connectivity index is 0.000000302. The molecule has 0 radical (unpaired) electrons. The maximum absolute atomic E-state index is 12.5. The van der Waals surface area contributed by atoms with Crippen LogP contribution in [-0.2, 0) is 9.53 Å². The fourth-order valence-electron chi connectivity index (χ4n) is 3.53. The molecule has 2 amide bonds. The van der Waals surface area contributed by atoms with Crippen molar-refractivity contribution in [1.82, 2.24) is 15.2 Å². The van der Waals surface area contributed by atoms with Crippen molar-refractivity contribution < 1.29 is 27.8 Å². The Labute approximate surface area is 205 Å². The van der Waals surface area contributed by atoms with Crippen LogP contribution in [0.15, 0.2) is 36.5 Å². The van der Waals surface area contributed by atoms with Gasteiger partial charge in [-0.1, -0.05) is 19.9 Å². The zero-order valence-corrected chi connectivity index (χ0v) is 20.6. The summed E-state index contributed by atoms with van der Waals surface area (Å²) in [6.45, 7) is 8.95. The number of ether oxygens (including phenoxy) is 2. The van der Waals surface area contributed by atoms with Crippen LogP contribution in [0.5, 0.6) is 5.75 Å². The average molecular weight is 493 g/mol. The fraction of sp³-hybridized carbons (Fsp3) is 0.480. The van der Waals surface area contributed by atoms with Gasteiger partial charge in [0.05, 0.1) is 13.2 Å². The van der Waals surface area contributed by atoms with Crippen LogP contribution in [0.2, 0.25) is 0 Å². The summed E-state index contributed by atoms with van der Waals surface area (Å²) in [4.78, 5) is 30.6. The number of nitrogens with zero attached hydrogens (tertiary/aromatic N) is 2. The lowest BCUT2D eigenvalue weighted by Crippen LogP contribution is -2.46. The molecule has 2 N–H and O–H groups in total. The van der Waals surface area contributed by atoms with Crippen LogP contribution in [0.25, 0.3) is 0 Å². The van der Waals surface area contributed by atoms with E-state index in [1.54, 1.807) is 23.2 Å². The van der Waals surface area contributed by atoms with Crippen molar-refractivity contribution in [2.24, 2.45) is 0 Å². The van der Waals surface area contributed by atoms with E-state index in [-0.39, 0.29) is 23.7 Å². The van der Waals surface area contributed by atoms with Gasteiger partial charge in [0, 0.05) is 37.9 Å². The number of benzene rings is 1. The number of carbonyl (C=O) groups is 2. The van der Waals surface area contributed by atoms with Crippen LogP contribution in [-0.4, -0.2) is 67.2 Å². The molecule has 0 aliphatic carbocycles. The summed E-state index contributed by atoms with van der Waals surface area (Å²) in [5, 5.41) is 5.96. The van der Waals surface area contributed by atoms with Crippen molar-refractivity contribution in [3.05, 3.63) is 53.7 Å². The van der Waals surface area contributed by atoms with Gasteiger partial charge < -0.3 is 25.0 Å². The van der Waals surface area contributed by atoms with Gasteiger partial charge in [-0.2, -0.15) is 4.39 Å². The lowest BCUT2D eigenvalue weighted by molar-refractivity contribution is -0.126. The van der Waals surface area contributed by atoms with E-state index >= 15 is 0 Å². The summed E-state index contributed by atoms with van der Waals surface area (Å²) in [7, 11) is 1.29. The van der Waals surface area contributed by atoms with Gasteiger partial charge in [0.25, 0.3) is 11.8 Å². The Morgan fingerprint density at radius 1 is 1.17 bits per heavy atom. The number of halogens is 2. The van der Waals surface area contributed by atoms with Crippen LogP contribution in [0.4, 0.5) is 14.6 Å². The van der Waals surface area contributed by atoms with Crippen molar-refractivity contribution in [3.63, 3.8) is 0 Å². The molecular weight excluding hydrogens is 458 g/mol. The first kappa shape index (κ1) is 28.1. The highest BCUT2D eigenvalue weighted by Crippen LogP contribution is 2.21. The molecular formula is C25H34F2N4O4. The molecule has 2 atom stereocenters. The molecule has 2 aliphatic heterocycles. The van der Waals surface area contributed by atoms with E-state index in [2.05, 4.69) is 20.4 Å². The summed E-state index contributed by atoms with van der Waals surface area (Å²) in [5.41, 5.74) is 0.540. The molecule has 10 heteroatoms. The second-order valence-corrected chi connectivity index (χ2v) is 7.73.